The number of aliphatic carboxylic acids is 1. The topological polar surface area (TPSA) is 83.7 Å². The maximum atomic E-state index is 11.6. The van der Waals surface area contributed by atoms with Crippen molar-refractivity contribution in [3.63, 3.8) is 0 Å². The number of fused-ring (bicyclic) bond motifs is 1. The Balaban J connectivity index is 2.01. The van der Waals surface area contributed by atoms with Gasteiger partial charge in [0, 0.05) is 12.6 Å². The summed E-state index contributed by atoms with van der Waals surface area (Å²) in [6.07, 6.45) is 2.98. The lowest BCUT2D eigenvalue weighted by Crippen LogP contribution is -2.39. The van der Waals surface area contributed by atoms with E-state index in [2.05, 4.69) is 0 Å². The van der Waals surface area contributed by atoms with Gasteiger partial charge in [-0.25, -0.2) is 4.79 Å². The van der Waals surface area contributed by atoms with Gasteiger partial charge in [0.2, 0.25) is 0 Å². The first-order valence-corrected chi connectivity index (χ1v) is 6.82. The van der Waals surface area contributed by atoms with Gasteiger partial charge in [0.15, 0.2) is 0 Å². The van der Waals surface area contributed by atoms with Crippen LogP contribution in [-0.2, 0) is 4.79 Å². The van der Waals surface area contributed by atoms with Gasteiger partial charge >= 0.3 is 5.97 Å². The fraction of sp³-hybridized carbons (Fsp3) is 0.500. The van der Waals surface area contributed by atoms with Gasteiger partial charge in [-0.15, -0.1) is 0 Å². The molecule has 1 aliphatic heterocycles. The van der Waals surface area contributed by atoms with Crippen LogP contribution < -0.4 is 4.90 Å². The molecule has 0 radical (unpaired) electrons. The number of carboxylic acid groups (broad SMARTS) is 1. The van der Waals surface area contributed by atoms with Crippen molar-refractivity contribution in [1.82, 2.24) is 0 Å². The van der Waals surface area contributed by atoms with E-state index in [1.807, 2.05) is 0 Å². The Morgan fingerprint density at radius 2 is 2.10 bits per heavy atom. The Morgan fingerprint density at radius 1 is 1.35 bits per heavy atom. The van der Waals surface area contributed by atoms with Crippen molar-refractivity contribution in [2.24, 2.45) is 11.8 Å². The van der Waals surface area contributed by atoms with Crippen molar-refractivity contribution < 1.29 is 14.8 Å². The summed E-state index contributed by atoms with van der Waals surface area (Å²) in [5.41, 5.74) is 0.415. The summed E-state index contributed by atoms with van der Waals surface area (Å²) in [5.74, 6) is -0.416. The standard InChI is InChI=1S/C14H16N2O4/c17-14(18)13-10-5-3-4-9(10)8-15(13)11-6-1-2-7-12(11)16(19)20/h1-2,6-7,9-10,13H,3-5,8H2,(H,17,18). The van der Waals surface area contributed by atoms with Gasteiger partial charge in [0.05, 0.1) is 4.92 Å². The van der Waals surface area contributed by atoms with E-state index in [0.717, 1.165) is 19.3 Å². The van der Waals surface area contributed by atoms with E-state index in [4.69, 9.17) is 0 Å². The van der Waals surface area contributed by atoms with E-state index in [1.165, 1.54) is 6.07 Å². The molecule has 1 saturated heterocycles. The third-order valence-electron chi connectivity index (χ3n) is 4.53. The molecule has 6 heteroatoms. The lowest BCUT2D eigenvalue weighted by molar-refractivity contribution is -0.384. The molecule has 2 fully saturated rings. The summed E-state index contributed by atoms with van der Waals surface area (Å²) in [5, 5.41) is 20.6. The van der Waals surface area contributed by atoms with Gasteiger partial charge in [-0.2, -0.15) is 0 Å². The lowest BCUT2D eigenvalue weighted by Gasteiger charge is -2.26. The van der Waals surface area contributed by atoms with E-state index >= 15 is 0 Å². The molecule has 0 amide bonds. The van der Waals surface area contributed by atoms with Crippen LogP contribution in [0.5, 0.6) is 0 Å². The van der Waals surface area contributed by atoms with Gasteiger partial charge in [0.25, 0.3) is 5.69 Å². The largest absolute Gasteiger partial charge is 0.480 e. The molecule has 106 valence electrons. The van der Waals surface area contributed by atoms with Crippen LogP contribution in [0.3, 0.4) is 0 Å². The Bertz CT molecular complexity index is 560. The molecule has 6 nitrogen and oxygen atoms in total. The first kappa shape index (κ1) is 12.9. The molecule has 3 unspecified atom stereocenters. The van der Waals surface area contributed by atoms with Gasteiger partial charge in [-0.3, -0.25) is 10.1 Å². The molecule has 1 heterocycles. The van der Waals surface area contributed by atoms with E-state index < -0.39 is 16.9 Å². The van der Waals surface area contributed by atoms with Crippen molar-refractivity contribution in [1.29, 1.82) is 0 Å². The van der Waals surface area contributed by atoms with Crippen LogP contribution in [0, 0.1) is 22.0 Å². The SMILES string of the molecule is O=C(O)C1C2CCCC2CN1c1ccccc1[N+](=O)[O-]. The molecule has 3 atom stereocenters. The number of carboxylic acids is 1. The number of hydrogen-bond donors (Lipinski definition) is 1. The maximum absolute atomic E-state index is 11.6. The summed E-state index contributed by atoms with van der Waals surface area (Å²) in [6, 6.07) is 5.77. The molecule has 0 aromatic heterocycles. The summed E-state index contributed by atoms with van der Waals surface area (Å²) < 4.78 is 0. The highest BCUT2D eigenvalue weighted by atomic mass is 16.6. The van der Waals surface area contributed by atoms with Crippen molar-refractivity contribution >= 4 is 17.3 Å². The zero-order chi connectivity index (χ0) is 14.3. The number of nitro groups is 1. The minimum absolute atomic E-state index is 0.0151. The molecule has 1 saturated carbocycles. The Labute approximate surface area is 116 Å². The highest BCUT2D eigenvalue weighted by molar-refractivity contribution is 5.81. The molecule has 1 aromatic carbocycles. The Hall–Kier alpha value is -2.11. The highest BCUT2D eigenvalue weighted by Crippen LogP contribution is 2.45. The summed E-state index contributed by atoms with van der Waals surface area (Å²) in [7, 11) is 0. The van der Waals surface area contributed by atoms with E-state index in [0.29, 0.717) is 18.2 Å². The average molecular weight is 276 g/mol. The summed E-state index contributed by atoms with van der Waals surface area (Å²) in [6.45, 7) is 0.604. The van der Waals surface area contributed by atoms with Crippen LogP contribution in [0.2, 0.25) is 0 Å². The number of nitrogens with zero attached hydrogens (tertiary/aromatic N) is 2. The molecule has 0 bridgehead atoms. The smallest absolute Gasteiger partial charge is 0.326 e. The minimum Gasteiger partial charge on any atom is -0.480 e. The molecule has 3 rings (SSSR count). The first-order valence-electron chi connectivity index (χ1n) is 6.82. The zero-order valence-electron chi connectivity index (χ0n) is 10.9. The van der Waals surface area contributed by atoms with Crippen LogP contribution in [-0.4, -0.2) is 28.6 Å². The van der Waals surface area contributed by atoms with Crippen LogP contribution in [0.1, 0.15) is 19.3 Å². The first-order chi connectivity index (χ1) is 9.59. The molecular weight excluding hydrogens is 260 g/mol. The number of anilines is 1. The second-order valence-corrected chi connectivity index (χ2v) is 5.54. The normalized spacial score (nSPS) is 28.4. The average Bonchev–Trinajstić information content (AvgIpc) is 2.97. The van der Waals surface area contributed by atoms with Crippen LogP contribution in [0.25, 0.3) is 0 Å². The predicted octanol–water partition coefficient (Wildman–Crippen LogP) is 2.28. The third-order valence-corrected chi connectivity index (χ3v) is 4.53. The van der Waals surface area contributed by atoms with Crippen molar-refractivity contribution in [3.8, 4) is 0 Å². The number of hydrogen-bond acceptors (Lipinski definition) is 4. The van der Waals surface area contributed by atoms with Crippen molar-refractivity contribution in [2.45, 2.75) is 25.3 Å². The molecule has 20 heavy (non-hydrogen) atoms. The van der Waals surface area contributed by atoms with Crippen LogP contribution >= 0.6 is 0 Å². The van der Waals surface area contributed by atoms with Crippen LogP contribution in [0.4, 0.5) is 11.4 Å². The fourth-order valence-electron chi connectivity index (χ4n) is 3.73. The molecule has 1 N–H and O–H groups in total. The van der Waals surface area contributed by atoms with E-state index in [9.17, 15) is 20.0 Å². The van der Waals surface area contributed by atoms with E-state index in [-0.39, 0.29) is 11.6 Å². The second-order valence-electron chi connectivity index (χ2n) is 5.54. The van der Waals surface area contributed by atoms with Crippen LogP contribution in [0.15, 0.2) is 24.3 Å². The zero-order valence-corrected chi connectivity index (χ0v) is 10.9. The monoisotopic (exact) mass is 276 g/mol. The fourth-order valence-corrected chi connectivity index (χ4v) is 3.73. The third kappa shape index (κ3) is 1.92. The summed E-state index contributed by atoms with van der Waals surface area (Å²) in [4.78, 5) is 24.0. The van der Waals surface area contributed by atoms with Gasteiger partial charge in [-0.05, 0) is 30.7 Å². The maximum Gasteiger partial charge on any atom is 0.326 e. The van der Waals surface area contributed by atoms with E-state index in [1.54, 1.807) is 23.1 Å². The van der Waals surface area contributed by atoms with Gasteiger partial charge in [-0.1, -0.05) is 18.6 Å². The Morgan fingerprint density at radius 3 is 2.80 bits per heavy atom. The number of benzene rings is 1. The quantitative estimate of drug-likeness (QED) is 0.676. The number of rotatable bonds is 3. The number of nitro benzene ring substituents is 1. The molecular formula is C14H16N2O4. The number of para-hydroxylation sites is 2. The predicted molar refractivity (Wildman–Crippen MR) is 72.7 cm³/mol. The highest BCUT2D eigenvalue weighted by Gasteiger charge is 2.48. The molecule has 1 aromatic rings. The van der Waals surface area contributed by atoms with Crippen molar-refractivity contribution in [3.05, 3.63) is 34.4 Å². The number of carbonyl (C=O) groups is 1. The van der Waals surface area contributed by atoms with Gasteiger partial charge < -0.3 is 10.0 Å². The van der Waals surface area contributed by atoms with Crippen molar-refractivity contribution in [2.75, 3.05) is 11.4 Å². The lowest BCUT2D eigenvalue weighted by atomic mass is 9.94. The van der Waals surface area contributed by atoms with Gasteiger partial charge in [0.1, 0.15) is 11.7 Å². The Kier molecular flexibility index (Phi) is 3.08. The molecule has 2 aliphatic rings. The second kappa shape index (κ2) is 4.77. The molecule has 0 spiro atoms. The minimum atomic E-state index is -0.877. The molecule has 1 aliphatic carbocycles. The summed E-state index contributed by atoms with van der Waals surface area (Å²) >= 11 is 0.